The summed E-state index contributed by atoms with van der Waals surface area (Å²) in [5.74, 6) is 0.0462. The summed E-state index contributed by atoms with van der Waals surface area (Å²) in [6, 6.07) is 1.49. The summed E-state index contributed by atoms with van der Waals surface area (Å²) in [6.07, 6.45) is 5.43. The topological polar surface area (TPSA) is 87.7 Å². The van der Waals surface area contributed by atoms with Gasteiger partial charge < -0.3 is 5.73 Å². The van der Waals surface area contributed by atoms with Gasteiger partial charge in [0.1, 0.15) is 11.9 Å². The Morgan fingerprint density at radius 3 is 2.95 bits per heavy atom. The van der Waals surface area contributed by atoms with E-state index >= 15 is 0 Å². The molecule has 1 aromatic rings. The number of nitrogens with two attached hydrogens (primary N) is 1. The number of fused-ring (bicyclic) bond motifs is 1. The molecule has 0 radical (unpaired) electrons. The highest BCUT2D eigenvalue weighted by Crippen LogP contribution is 2.32. The first-order chi connectivity index (χ1) is 10.2. The molecule has 3 aliphatic rings. The average Bonchev–Trinajstić information content (AvgIpc) is 3.31. The maximum absolute atomic E-state index is 13.3. The predicted molar refractivity (Wildman–Crippen MR) is 78.3 cm³/mol. The van der Waals surface area contributed by atoms with Gasteiger partial charge in [-0.2, -0.15) is 5.10 Å². The summed E-state index contributed by atoms with van der Waals surface area (Å²) in [6.45, 7) is 0.754. The number of aromatic nitrogens is 1. The average molecular weight is 286 g/mol. The Morgan fingerprint density at radius 2 is 2.19 bits per heavy atom. The Morgan fingerprint density at radius 1 is 1.33 bits per heavy atom. The van der Waals surface area contributed by atoms with Gasteiger partial charge in [0.15, 0.2) is 5.82 Å². The Hall–Kier alpha value is -2.28. The second-order valence-electron chi connectivity index (χ2n) is 5.47. The third-order valence-electron chi connectivity index (χ3n) is 3.83. The molecule has 3 heterocycles. The molecule has 21 heavy (non-hydrogen) atoms. The van der Waals surface area contributed by atoms with Crippen molar-refractivity contribution in [2.24, 2.45) is 16.0 Å². The lowest BCUT2D eigenvalue weighted by Gasteiger charge is -2.18. The minimum absolute atomic E-state index is 0.0402. The van der Waals surface area contributed by atoms with Gasteiger partial charge in [-0.15, -0.1) is 0 Å². The number of nitrogen functional groups attached to an aromatic ring is 1. The molecule has 7 heteroatoms. The highest BCUT2D eigenvalue weighted by atomic mass is 19.1. The number of nitrogens with one attached hydrogen (secondary N) is 2. The molecule has 1 aromatic heterocycles. The molecule has 1 fully saturated rings. The van der Waals surface area contributed by atoms with Crippen LogP contribution < -0.4 is 16.5 Å². The van der Waals surface area contributed by atoms with Crippen LogP contribution in [0.2, 0.25) is 0 Å². The van der Waals surface area contributed by atoms with Crippen LogP contribution in [-0.4, -0.2) is 29.1 Å². The fraction of sp³-hybridized carbons (Fsp3) is 0.357. The molecule has 2 bridgehead atoms. The predicted octanol–water partition coefficient (Wildman–Crippen LogP) is 0.774. The van der Waals surface area contributed by atoms with E-state index in [4.69, 9.17) is 10.7 Å². The van der Waals surface area contributed by atoms with Gasteiger partial charge in [-0.25, -0.2) is 4.39 Å². The van der Waals surface area contributed by atoms with Crippen molar-refractivity contribution in [2.45, 2.75) is 19.0 Å². The second kappa shape index (κ2) is 4.63. The van der Waals surface area contributed by atoms with Crippen LogP contribution in [0.15, 0.2) is 34.1 Å². The molecule has 108 valence electrons. The molecule has 4 rings (SSSR count). The van der Waals surface area contributed by atoms with Crippen LogP contribution in [-0.2, 0) is 0 Å². The van der Waals surface area contributed by atoms with Crippen LogP contribution >= 0.6 is 0 Å². The SMILES string of the molecule is Nc1cc(C2=NNC3C=C2N=C(C2CC2)CN3)ncc1F. The van der Waals surface area contributed by atoms with Crippen molar-refractivity contribution in [3.63, 3.8) is 0 Å². The summed E-state index contributed by atoms with van der Waals surface area (Å²) in [7, 11) is 0. The van der Waals surface area contributed by atoms with Gasteiger partial charge in [0.05, 0.1) is 23.3 Å². The van der Waals surface area contributed by atoms with Gasteiger partial charge >= 0.3 is 0 Å². The Bertz CT molecular complexity index is 689. The molecule has 2 aliphatic heterocycles. The standard InChI is InChI=1S/C14H15FN6/c15-8-5-17-10(3-9(8)16)14-11-4-13(20-21-14)18-6-12(19-11)7-1-2-7/h3-5,7,13,18,20H,1-2,6H2,(H2,16,17). The van der Waals surface area contributed by atoms with Gasteiger partial charge in [-0.1, -0.05) is 0 Å². The maximum atomic E-state index is 13.3. The van der Waals surface area contributed by atoms with Crippen molar-refractivity contribution in [3.8, 4) is 0 Å². The number of allylic oxidation sites excluding steroid dienone is 1. The summed E-state index contributed by atoms with van der Waals surface area (Å²) in [5, 5.41) is 7.66. The molecule has 6 nitrogen and oxygen atoms in total. The second-order valence-corrected chi connectivity index (χ2v) is 5.47. The van der Waals surface area contributed by atoms with E-state index in [2.05, 4.69) is 20.8 Å². The summed E-state index contributed by atoms with van der Waals surface area (Å²) >= 11 is 0. The van der Waals surface area contributed by atoms with E-state index in [0.29, 0.717) is 17.3 Å². The van der Waals surface area contributed by atoms with Crippen LogP contribution in [0.4, 0.5) is 10.1 Å². The number of hydrazone groups is 1. The van der Waals surface area contributed by atoms with Gasteiger partial charge in [0, 0.05) is 12.3 Å². The Balaban J connectivity index is 1.72. The zero-order valence-electron chi connectivity index (χ0n) is 11.3. The lowest BCUT2D eigenvalue weighted by molar-refractivity contribution is 0.534. The third kappa shape index (κ3) is 2.29. The van der Waals surface area contributed by atoms with E-state index < -0.39 is 5.82 Å². The molecular weight excluding hydrogens is 271 g/mol. The van der Waals surface area contributed by atoms with Crippen molar-refractivity contribution in [2.75, 3.05) is 12.3 Å². The maximum Gasteiger partial charge on any atom is 0.164 e. The highest BCUT2D eigenvalue weighted by Gasteiger charge is 2.31. The fourth-order valence-corrected chi connectivity index (χ4v) is 2.49. The first-order valence-electron chi connectivity index (χ1n) is 6.98. The highest BCUT2D eigenvalue weighted by molar-refractivity contribution is 6.13. The van der Waals surface area contributed by atoms with Crippen LogP contribution in [0.25, 0.3) is 0 Å². The van der Waals surface area contributed by atoms with Crippen molar-refractivity contribution in [1.82, 2.24) is 15.7 Å². The molecular formula is C14H15FN6. The van der Waals surface area contributed by atoms with Crippen molar-refractivity contribution in [1.29, 1.82) is 0 Å². The van der Waals surface area contributed by atoms with E-state index in [1.807, 2.05) is 6.08 Å². The number of anilines is 1. The number of nitrogens with zero attached hydrogens (tertiary/aromatic N) is 3. The summed E-state index contributed by atoms with van der Waals surface area (Å²) in [5.41, 5.74) is 11.7. The molecule has 0 spiro atoms. The van der Waals surface area contributed by atoms with E-state index in [-0.39, 0.29) is 11.9 Å². The molecule has 0 aromatic carbocycles. The van der Waals surface area contributed by atoms with Gasteiger partial charge in [-0.05, 0) is 30.9 Å². The minimum atomic E-state index is -0.528. The first-order valence-corrected chi connectivity index (χ1v) is 6.98. The van der Waals surface area contributed by atoms with Crippen LogP contribution in [0.1, 0.15) is 18.5 Å². The molecule has 1 unspecified atom stereocenters. The molecule has 0 saturated heterocycles. The van der Waals surface area contributed by atoms with Crippen LogP contribution in [0.3, 0.4) is 0 Å². The van der Waals surface area contributed by atoms with Gasteiger partial charge in [0.2, 0.25) is 0 Å². The first kappa shape index (κ1) is 12.5. The number of pyridine rings is 1. The molecule has 1 saturated carbocycles. The van der Waals surface area contributed by atoms with Crippen LogP contribution in [0, 0.1) is 11.7 Å². The number of hydrogen-bond acceptors (Lipinski definition) is 6. The van der Waals surface area contributed by atoms with Crippen molar-refractivity contribution in [3.05, 3.63) is 35.5 Å². The Labute approximate surface area is 121 Å². The summed E-state index contributed by atoms with van der Waals surface area (Å²) < 4.78 is 13.3. The normalized spacial score (nSPS) is 24.4. The van der Waals surface area contributed by atoms with E-state index in [1.54, 1.807) is 0 Å². The third-order valence-corrected chi connectivity index (χ3v) is 3.83. The quantitative estimate of drug-likeness (QED) is 0.749. The van der Waals surface area contributed by atoms with E-state index in [1.165, 1.54) is 18.9 Å². The lowest BCUT2D eigenvalue weighted by Crippen LogP contribution is -2.42. The number of rotatable bonds is 2. The molecule has 0 amide bonds. The minimum Gasteiger partial charge on any atom is -0.396 e. The summed E-state index contributed by atoms with van der Waals surface area (Å²) in [4.78, 5) is 8.81. The largest absolute Gasteiger partial charge is 0.396 e. The molecule has 1 aliphatic carbocycles. The van der Waals surface area contributed by atoms with Gasteiger partial charge in [0.25, 0.3) is 0 Å². The van der Waals surface area contributed by atoms with E-state index in [9.17, 15) is 4.39 Å². The lowest BCUT2D eigenvalue weighted by atomic mass is 10.1. The number of aliphatic imine (C=N–C) groups is 1. The fourth-order valence-electron chi connectivity index (χ4n) is 2.49. The number of hydrogen-bond donors (Lipinski definition) is 3. The molecule has 1 atom stereocenters. The zero-order valence-corrected chi connectivity index (χ0v) is 11.3. The molecule has 4 N–H and O–H groups in total. The van der Waals surface area contributed by atoms with Crippen molar-refractivity contribution >= 4 is 17.1 Å². The van der Waals surface area contributed by atoms with Crippen molar-refractivity contribution < 1.29 is 4.39 Å². The van der Waals surface area contributed by atoms with Gasteiger partial charge in [-0.3, -0.25) is 20.7 Å². The zero-order chi connectivity index (χ0) is 14.4. The monoisotopic (exact) mass is 286 g/mol. The Kier molecular flexibility index (Phi) is 2.75. The smallest absolute Gasteiger partial charge is 0.164 e. The van der Waals surface area contributed by atoms with E-state index in [0.717, 1.165) is 24.2 Å². The van der Waals surface area contributed by atoms with Crippen LogP contribution in [0.5, 0.6) is 0 Å². The number of halogens is 1.